The van der Waals surface area contributed by atoms with Gasteiger partial charge in [0.05, 0.1) is 5.69 Å². The zero-order valence-corrected chi connectivity index (χ0v) is 10.4. The molecule has 0 spiro atoms. The van der Waals surface area contributed by atoms with Crippen molar-refractivity contribution in [1.29, 1.82) is 0 Å². The van der Waals surface area contributed by atoms with Crippen LogP contribution < -0.4 is 5.32 Å². The van der Waals surface area contributed by atoms with E-state index in [0.29, 0.717) is 6.04 Å². The van der Waals surface area contributed by atoms with Crippen molar-refractivity contribution in [2.24, 2.45) is 11.8 Å². The van der Waals surface area contributed by atoms with Gasteiger partial charge in [0.2, 0.25) is 0 Å². The van der Waals surface area contributed by atoms with Crippen LogP contribution >= 0.6 is 0 Å². The van der Waals surface area contributed by atoms with E-state index in [0.717, 1.165) is 11.8 Å². The van der Waals surface area contributed by atoms with Crippen LogP contribution in [0.15, 0.2) is 24.5 Å². The third-order valence-corrected chi connectivity index (χ3v) is 4.57. The van der Waals surface area contributed by atoms with Crippen LogP contribution in [0.3, 0.4) is 0 Å². The molecule has 2 nitrogen and oxygen atoms in total. The number of hydrogen-bond acceptors (Lipinski definition) is 2. The molecule has 92 valence electrons. The van der Waals surface area contributed by atoms with Crippen molar-refractivity contribution in [1.82, 2.24) is 4.98 Å². The number of nitrogens with zero attached hydrogens (tertiary/aromatic N) is 1. The molecule has 1 N–H and O–H groups in total. The molecule has 0 aromatic carbocycles. The Balaban J connectivity index is 1.59. The summed E-state index contributed by atoms with van der Waals surface area (Å²) in [6, 6.07) is 4.81. The van der Waals surface area contributed by atoms with E-state index in [1.54, 1.807) is 0 Å². The first kappa shape index (κ1) is 11.1. The number of fused-ring (bicyclic) bond motifs is 1. The van der Waals surface area contributed by atoms with E-state index in [9.17, 15) is 0 Å². The van der Waals surface area contributed by atoms with E-state index >= 15 is 0 Å². The zero-order chi connectivity index (χ0) is 11.5. The summed E-state index contributed by atoms with van der Waals surface area (Å²) in [6.07, 6.45) is 13.8. The van der Waals surface area contributed by atoms with Gasteiger partial charge in [-0.3, -0.25) is 4.98 Å². The smallest absolute Gasteiger partial charge is 0.0528 e. The predicted octanol–water partition coefficient (Wildman–Crippen LogP) is 3.85. The van der Waals surface area contributed by atoms with Gasteiger partial charge in [0.1, 0.15) is 0 Å². The number of nitrogens with one attached hydrogen (secondary N) is 1. The Kier molecular flexibility index (Phi) is 3.30. The topological polar surface area (TPSA) is 24.9 Å². The Labute approximate surface area is 104 Å². The molecule has 3 atom stereocenters. The molecule has 0 radical (unpaired) electrons. The number of pyridine rings is 1. The Morgan fingerprint density at radius 1 is 1.06 bits per heavy atom. The van der Waals surface area contributed by atoms with Crippen LogP contribution in [0, 0.1) is 11.8 Å². The van der Waals surface area contributed by atoms with Gasteiger partial charge in [-0.2, -0.15) is 0 Å². The first-order valence-corrected chi connectivity index (χ1v) is 7.08. The van der Waals surface area contributed by atoms with E-state index in [4.69, 9.17) is 0 Å². The van der Waals surface area contributed by atoms with Gasteiger partial charge >= 0.3 is 0 Å². The van der Waals surface area contributed by atoms with Gasteiger partial charge in [0.15, 0.2) is 0 Å². The van der Waals surface area contributed by atoms with Crippen molar-refractivity contribution in [2.75, 3.05) is 5.32 Å². The average molecular weight is 230 g/mol. The molecule has 0 saturated heterocycles. The number of hydrogen-bond donors (Lipinski definition) is 1. The van der Waals surface area contributed by atoms with Crippen LogP contribution in [0.5, 0.6) is 0 Å². The maximum absolute atomic E-state index is 4.17. The van der Waals surface area contributed by atoms with E-state index in [-0.39, 0.29) is 0 Å². The van der Waals surface area contributed by atoms with Crippen LogP contribution in [0.2, 0.25) is 0 Å². The Bertz CT molecular complexity index is 349. The van der Waals surface area contributed by atoms with E-state index < -0.39 is 0 Å². The van der Waals surface area contributed by atoms with E-state index in [2.05, 4.69) is 16.4 Å². The van der Waals surface area contributed by atoms with Gasteiger partial charge < -0.3 is 5.32 Å². The molecule has 0 bridgehead atoms. The van der Waals surface area contributed by atoms with Gasteiger partial charge in [-0.05, 0) is 43.2 Å². The van der Waals surface area contributed by atoms with Gasteiger partial charge in [0.25, 0.3) is 0 Å². The highest BCUT2D eigenvalue weighted by atomic mass is 14.9. The van der Waals surface area contributed by atoms with Crippen molar-refractivity contribution in [3.05, 3.63) is 24.5 Å². The largest absolute Gasteiger partial charge is 0.381 e. The van der Waals surface area contributed by atoms with Crippen molar-refractivity contribution in [2.45, 2.75) is 51.0 Å². The molecule has 2 aliphatic rings. The summed E-state index contributed by atoms with van der Waals surface area (Å²) in [7, 11) is 0. The first-order chi connectivity index (χ1) is 8.42. The summed E-state index contributed by atoms with van der Waals surface area (Å²) in [5, 5.41) is 3.65. The molecule has 2 aliphatic carbocycles. The second kappa shape index (κ2) is 5.07. The molecule has 1 aromatic rings. The summed E-state index contributed by atoms with van der Waals surface area (Å²) in [5.74, 6) is 2.03. The third-order valence-electron chi connectivity index (χ3n) is 4.57. The van der Waals surface area contributed by atoms with Crippen molar-refractivity contribution in [3.63, 3.8) is 0 Å². The lowest BCUT2D eigenvalue weighted by Gasteiger charge is -2.39. The van der Waals surface area contributed by atoms with Gasteiger partial charge in [-0.25, -0.2) is 0 Å². The lowest BCUT2D eigenvalue weighted by Crippen LogP contribution is -2.34. The van der Waals surface area contributed by atoms with Crippen molar-refractivity contribution in [3.8, 4) is 0 Å². The molecular formula is C15H22N2. The highest BCUT2D eigenvalue weighted by molar-refractivity contribution is 5.40. The fourth-order valence-electron chi connectivity index (χ4n) is 3.69. The predicted molar refractivity (Wildman–Crippen MR) is 70.9 cm³/mol. The molecular weight excluding hydrogens is 208 g/mol. The maximum Gasteiger partial charge on any atom is 0.0528 e. The Hall–Kier alpha value is -1.05. The van der Waals surface area contributed by atoms with Crippen LogP contribution in [0.1, 0.15) is 44.9 Å². The Morgan fingerprint density at radius 3 is 2.76 bits per heavy atom. The molecule has 0 aliphatic heterocycles. The quantitative estimate of drug-likeness (QED) is 0.834. The molecule has 1 aromatic heterocycles. The molecule has 1 heterocycles. The van der Waals surface area contributed by atoms with Crippen molar-refractivity contribution < 1.29 is 0 Å². The molecule has 2 heteroatoms. The number of rotatable bonds is 2. The standard InChI is InChI=1S/C15H22N2/c1-2-5-13-10-14(8-7-12(13)4-1)17-15-6-3-9-16-11-15/h3,6,9,11-14,17H,1-2,4-5,7-8,10H2. The monoisotopic (exact) mass is 230 g/mol. The molecule has 17 heavy (non-hydrogen) atoms. The third kappa shape index (κ3) is 2.62. The van der Waals surface area contributed by atoms with Crippen LogP contribution in [-0.4, -0.2) is 11.0 Å². The summed E-state index contributed by atoms with van der Waals surface area (Å²) in [4.78, 5) is 4.17. The highest BCUT2D eigenvalue weighted by Gasteiger charge is 2.31. The second-order valence-electron chi connectivity index (χ2n) is 5.70. The fraction of sp³-hybridized carbons (Fsp3) is 0.667. The van der Waals surface area contributed by atoms with E-state index in [1.165, 1.54) is 50.6 Å². The minimum atomic E-state index is 0.679. The maximum atomic E-state index is 4.17. The lowest BCUT2D eigenvalue weighted by molar-refractivity contribution is 0.162. The number of aromatic nitrogens is 1. The van der Waals surface area contributed by atoms with Crippen molar-refractivity contribution >= 4 is 5.69 Å². The summed E-state index contributed by atoms with van der Waals surface area (Å²) < 4.78 is 0. The minimum absolute atomic E-state index is 0.679. The van der Waals surface area contributed by atoms with Crippen LogP contribution in [0.4, 0.5) is 5.69 Å². The minimum Gasteiger partial charge on any atom is -0.381 e. The fourth-order valence-corrected chi connectivity index (χ4v) is 3.69. The SMILES string of the molecule is c1cncc(NC2CCC3CCCCC3C2)c1. The lowest BCUT2D eigenvalue weighted by atomic mass is 9.69. The Morgan fingerprint density at radius 2 is 1.94 bits per heavy atom. The highest BCUT2D eigenvalue weighted by Crippen LogP contribution is 2.41. The molecule has 2 saturated carbocycles. The van der Waals surface area contributed by atoms with Gasteiger partial charge in [0, 0.05) is 18.4 Å². The summed E-state index contributed by atoms with van der Waals surface area (Å²) in [6.45, 7) is 0. The van der Waals surface area contributed by atoms with Gasteiger partial charge in [-0.15, -0.1) is 0 Å². The average Bonchev–Trinajstić information content (AvgIpc) is 2.40. The summed E-state index contributed by atoms with van der Waals surface area (Å²) >= 11 is 0. The molecule has 3 unspecified atom stereocenters. The molecule has 2 fully saturated rings. The first-order valence-electron chi connectivity index (χ1n) is 7.08. The van der Waals surface area contributed by atoms with E-state index in [1.807, 2.05) is 18.5 Å². The molecule has 3 rings (SSSR count). The molecule has 0 amide bonds. The number of anilines is 1. The summed E-state index contributed by atoms with van der Waals surface area (Å²) in [5.41, 5.74) is 1.19. The van der Waals surface area contributed by atoms with Crippen LogP contribution in [0.25, 0.3) is 0 Å². The van der Waals surface area contributed by atoms with Crippen LogP contribution in [-0.2, 0) is 0 Å². The van der Waals surface area contributed by atoms with Gasteiger partial charge in [-0.1, -0.05) is 25.7 Å². The zero-order valence-electron chi connectivity index (χ0n) is 10.4. The second-order valence-corrected chi connectivity index (χ2v) is 5.70. The normalized spacial score (nSPS) is 32.8.